The molecule has 7 heteroatoms. The number of nitrogens with zero attached hydrogens (tertiary/aromatic N) is 1. The topological polar surface area (TPSA) is 81.6 Å². The van der Waals surface area contributed by atoms with Gasteiger partial charge >= 0.3 is 0 Å². The lowest BCUT2D eigenvalue weighted by Crippen LogP contribution is -2.41. The second kappa shape index (κ2) is 10.2. The third-order valence-corrected chi connectivity index (χ3v) is 4.50. The lowest BCUT2D eigenvalue weighted by molar-refractivity contribution is 0.0846. The number of carbonyl (C=O) groups excluding carboxylic acids is 2. The van der Waals surface area contributed by atoms with Crippen LogP contribution in [0.3, 0.4) is 0 Å². The standard InChI is InChI=1S/C23H25N3O4/c1-3-4-15-30-20-12-9-18(16-21(20)29-2)23(28)25-24-22(27)17-7-10-19(11-8-17)26-13-5-6-14-26/h5-14,16H,3-4,15H2,1-2H3,(H,24,27)(H,25,28). The minimum atomic E-state index is -0.453. The lowest BCUT2D eigenvalue weighted by Gasteiger charge is -2.12. The van der Waals surface area contributed by atoms with Crippen LogP contribution in [-0.4, -0.2) is 30.1 Å². The molecule has 0 aliphatic carbocycles. The minimum absolute atomic E-state index is 0.345. The van der Waals surface area contributed by atoms with Crippen LogP contribution in [0.25, 0.3) is 5.69 Å². The van der Waals surface area contributed by atoms with Gasteiger partial charge in [0.2, 0.25) is 0 Å². The Morgan fingerprint density at radius 2 is 1.53 bits per heavy atom. The Hall–Kier alpha value is -3.74. The maximum absolute atomic E-state index is 12.4. The van der Waals surface area contributed by atoms with Gasteiger partial charge in [0.1, 0.15) is 0 Å². The number of methoxy groups -OCH3 is 1. The van der Waals surface area contributed by atoms with E-state index in [0.717, 1.165) is 18.5 Å². The Bertz CT molecular complexity index is 982. The molecule has 0 unspecified atom stereocenters. The van der Waals surface area contributed by atoms with Crippen molar-refractivity contribution >= 4 is 11.8 Å². The first-order chi connectivity index (χ1) is 14.6. The third-order valence-electron chi connectivity index (χ3n) is 4.50. The zero-order chi connectivity index (χ0) is 21.3. The van der Waals surface area contributed by atoms with Crippen LogP contribution in [-0.2, 0) is 0 Å². The van der Waals surface area contributed by atoms with Gasteiger partial charge in [-0.25, -0.2) is 0 Å². The van der Waals surface area contributed by atoms with Crippen molar-refractivity contribution in [3.8, 4) is 17.2 Å². The molecule has 0 bridgehead atoms. The highest BCUT2D eigenvalue weighted by Crippen LogP contribution is 2.28. The molecule has 3 rings (SSSR count). The summed E-state index contributed by atoms with van der Waals surface area (Å²) in [5.74, 6) is 0.180. The summed E-state index contributed by atoms with van der Waals surface area (Å²) in [5, 5.41) is 0. The molecule has 0 aliphatic heterocycles. The van der Waals surface area contributed by atoms with Gasteiger partial charge in [-0.2, -0.15) is 0 Å². The van der Waals surface area contributed by atoms with E-state index in [1.807, 2.05) is 41.2 Å². The van der Waals surface area contributed by atoms with Crippen molar-refractivity contribution in [1.82, 2.24) is 15.4 Å². The molecule has 0 fully saturated rings. The van der Waals surface area contributed by atoms with Crippen LogP contribution in [0.15, 0.2) is 67.0 Å². The number of nitrogens with one attached hydrogen (secondary N) is 2. The second-order valence-electron chi connectivity index (χ2n) is 6.61. The molecule has 2 amide bonds. The van der Waals surface area contributed by atoms with Crippen LogP contribution < -0.4 is 20.3 Å². The molecule has 3 aromatic rings. The molecule has 0 aliphatic rings. The number of aromatic nitrogens is 1. The number of unbranched alkanes of at least 4 members (excludes halogenated alkanes) is 1. The predicted octanol–water partition coefficient (Wildman–Crippen LogP) is 3.74. The SMILES string of the molecule is CCCCOc1ccc(C(=O)NNC(=O)c2ccc(-n3cccc3)cc2)cc1OC. The molecule has 1 heterocycles. The van der Waals surface area contributed by atoms with E-state index in [-0.39, 0.29) is 0 Å². The summed E-state index contributed by atoms with van der Waals surface area (Å²) in [7, 11) is 1.52. The average Bonchev–Trinajstić information content (AvgIpc) is 3.32. The normalized spacial score (nSPS) is 10.3. The number of amides is 2. The summed E-state index contributed by atoms with van der Waals surface area (Å²) >= 11 is 0. The van der Waals surface area contributed by atoms with Crippen molar-refractivity contribution in [3.63, 3.8) is 0 Å². The van der Waals surface area contributed by atoms with Gasteiger partial charge in [-0.05, 0) is 61.0 Å². The Labute approximate surface area is 175 Å². The van der Waals surface area contributed by atoms with Crippen LogP contribution in [0, 0.1) is 0 Å². The quantitative estimate of drug-likeness (QED) is 0.440. The maximum Gasteiger partial charge on any atom is 0.269 e. The molecule has 156 valence electrons. The number of benzene rings is 2. The van der Waals surface area contributed by atoms with E-state index in [0.29, 0.717) is 29.2 Å². The van der Waals surface area contributed by atoms with Crippen LogP contribution in [0.1, 0.15) is 40.5 Å². The fourth-order valence-electron chi connectivity index (χ4n) is 2.80. The highest BCUT2D eigenvalue weighted by molar-refractivity contribution is 5.99. The molecule has 0 atom stereocenters. The van der Waals surface area contributed by atoms with Gasteiger partial charge in [-0.1, -0.05) is 13.3 Å². The summed E-state index contributed by atoms with van der Waals surface area (Å²) in [4.78, 5) is 24.7. The van der Waals surface area contributed by atoms with Gasteiger partial charge in [0.05, 0.1) is 13.7 Å². The second-order valence-corrected chi connectivity index (χ2v) is 6.61. The number of ether oxygens (including phenoxy) is 2. The molecule has 0 radical (unpaired) electrons. The predicted molar refractivity (Wildman–Crippen MR) is 114 cm³/mol. The molecule has 2 N–H and O–H groups in total. The molecule has 1 aromatic heterocycles. The van der Waals surface area contributed by atoms with Gasteiger partial charge in [-0.15, -0.1) is 0 Å². The molecule has 0 spiro atoms. The smallest absolute Gasteiger partial charge is 0.269 e. The summed E-state index contributed by atoms with van der Waals surface area (Å²) in [5.41, 5.74) is 6.57. The fourth-order valence-corrected chi connectivity index (χ4v) is 2.80. The Morgan fingerprint density at radius 1 is 0.900 bits per heavy atom. The summed E-state index contributed by atoms with van der Waals surface area (Å²) < 4.78 is 12.9. The Kier molecular flexibility index (Phi) is 7.10. The first-order valence-electron chi connectivity index (χ1n) is 9.77. The van der Waals surface area contributed by atoms with E-state index in [2.05, 4.69) is 17.8 Å². The van der Waals surface area contributed by atoms with Gasteiger partial charge in [0, 0.05) is 29.2 Å². The van der Waals surface area contributed by atoms with E-state index in [1.54, 1.807) is 30.3 Å². The van der Waals surface area contributed by atoms with Crippen LogP contribution in [0.4, 0.5) is 0 Å². The summed E-state index contributed by atoms with van der Waals surface area (Å²) in [6.07, 6.45) is 5.80. The van der Waals surface area contributed by atoms with Crippen molar-refractivity contribution in [2.24, 2.45) is 0 Å². The van der Waals surface area contributed by atoms with Crippen molar-refractivity contribution in [2.75, 3.05) is 13.7 Å². The molecular formula is C23H25N3O4. The van der Waals surface area contributed by atoms with Gasteiger partial charge in [-0.3, -0.25) is 20.4 Å². The number of hydrogen-bond acceptors (Lipinski definition) is 4. The average molecular weight is 407 g/mol. The summed E-state index contributed by atoms with van der Waals surface area (Å²) in [6, 6.07) is 15.8. The van der Waals surface area contributed by atoms with Crippen LogP contribution in [0.5, 0.6) is 11.5 Å². The third kappa shape index (κ3) is 5.20. The van der Waals surface area contributed by atoms with E-state index in [9.17, 15) is 9.59 Å². The number of carbonyl (C=O) groups is 2. The first kappa shape index (κ1) is 21.0. The van der Waals surface area contributed by atoms with E-state index < -0.39 is 11.8 Å². The van der Waals surface area contributed by atoms with E-state index in [1.165, 1.54) is 7.11 Å². The minimum Gasteiger partial charge on any atom is -0.493 e. The van der Waals surface area contributed by atoms with Crippen molar-refractivity contribution in [3.05, 3.63) is 78.1 Å². The van der Waals surface area contributed by atoms with E-state index in [4.69, 9.17) is 9.47 Å². The highest BCUT2D eigenvalue weighted by atomic mass is 16.5. The monoisotopic (exact) mass is 407 g/mol. The maximum atomic E-state index is 12.4. The number of hydrogen-bond donors (Lipinski definition) is 2. The molecular weight excluding hydrogens is 382 g/mol. The van der Waals surface area contributed by atoms with Crippen molar-refractivity contribution < 1.29 is 19.1 Å². The Balaban J connectivity index is 1.58. The number of hydrazine groups is 1. The van der Waals surface area contributed by atoms with Crippen molar-refractivity contribution in [1.29, 1.82) is 0 Å². The zero-order valence-electron chi connectivity index (χ0n) is 17.1. The molecule has 0 saturated heterocycles. The van der Waals surface area contributed by atoms with Gasteiger partial charge in [0.25, 0.3) is 11.8 Å². The zero-order valence-corrected chi connectivity index (χ0v) is 17.1. The molecule has 30 heavy (non-hydrogen) atoms. The molecule has 0 saturated carbocycles. The van der Waals surface area contributed by atoms with Crippen LogP contribution >= 0.6 is 0 Å². The lowest BCUT2D eigenvalue weighted by atomic mass is 10.2. The van der Waals surface area contributed by atoms with Gasteiger partial charge in [0.15, 0.2) is 11.5 Å². The first-order valence-corrected chi connectivity index (χ1v) is 9.77. The Morgan fingerprint density at radius 3 is 2.17 bits per heavy atom. The highest BCUT2D eigenvalue weighted by Gasteiger charge is 2.13. The van der Waals surface area contributed by atoms with E-state index >= 15 is 0 Å². The molecule has 2 aromatic carbocycles. The fraction of sp³-hybridized carbons (Fsp3) is 0.217. The van der Waals surface area contributed by atoms with Crippen LogP contribution in [0.2, 0.25) is 0 Å². The largest absolute Gasteiger partial charge is 0.493 e. The van der Waals surface area contributed by atoms with Crippen molar-refractivity contribution in [2.45, 2.75) is 19.8 Å². The van der Waals surface area contributed by atoms with Gasteiger partial charge < -0.3 is 14.0 Å². The number of rotatable bonds is 8. The summed E-state index contributed by atoms with van der Waals surface area (Å²) in [6.45, 7) is 2.66. The molecule has 7 nitrogen and oxygen atoms in total.